The number of amidine groups is 1. The molecule has 4 heteroatoms. The lowest BCUT2D eigenvalue weighted by atomic mass is 10.3. The second-order valence-electron chi connectivity index (χ2n) is 3.20. The number of hydrogen-bond donors (Lipinski definition) is 2. The van der Waals surface area contributed by atoms with E-state index in [4.69, 9.17) is 5.73 Å². The first kappa shape index (κ1) is 11.9. The first-order valence-electron chi connectivity index (χ1n) is 4.64. The average molecular weight is 185 g/mol. The molecule has 13 heavy (non-hydrogen) atoms. The van der Waals surface area contributed by atoms with Crippen molar-refractivity contribution in [1.82, 2.24) is 5.32 Å². The molecular formula is C9H19N3O. The van der Waals surface area contributed by atoms with Crippen molar-refractivity contribution in [3.05, 3.63) is 0 Å². The number of rotatable bonds is 5. The third kappa shape index (κ3) is 7.31. The van der Waals surface area contributed by atoms with Crippen LogP contribution in [-0.2, 0) is 4.79 Å². The van der Waals surface area contributed by atoms with Crippen molar-refractivity contribution >= 4 is 11.7 Å². The molecule has 0 atom stereocenters. The van der Waals surface area contributed by atoms with E-state index in [0.29, 0.717) is 18.8 Å². The number of amides is 1. The molecule has 0 fully saturated rings. The van der Waals surface area contributed by atoms with Gasteiger partial charge in [0, 0.05) is 25.4 Å². The summed E-state index contributed by atoms with van der Waals surface area (Å²) in [5, 5.41) is 2.79. The maximum absolute atomic E-state index is 11.1. The number of carbonyl (C=O) groups is 1. The summed E-state index contributed by atoms with van der Waals surface area (Å²) in [6, 6.07) is 0.194. The first-order valence-corrected chi connectivity index (χ1v) is 4.64. The van der Waals surface area contributed by atoms with Crippen molar-refractivity contribution in [2.75, 3.05) is 6.54 Å². The minimum atomic E-state index is 0.0302. The molecule has 0 bridgehead atoms. The van der Waals surface area contributed by atoms with Gasteiger partial charge in [0.05, 0.1) is 5.84 Å². The highest BCUT2D eigenvalue weighted by Crippen LogP contribution is 1.86. The molecule has 0 aromatic rings. The highest BCUT2D eigenvalue weighted by molar-refractivity contribution is 5.80. The van der Waals surface area contributed by atoms with Gasteiger partial charge in [-0.15, -0.1) is 0 Å². The van der Waals surface area contributed by atoms with E-state index in [-0.39, 0.29) is 11.9 Å². The zero-order valence-corrected chi connectivity index (χ0v) is 8.63. The number of hydrogen-bond acceptors (Lipinski definition) is 2. The number of carbonyl (C=O) groups excluding carboxylic acids is 1. The molecule has 0 aliphatic heterocycles. The summed E-state index contributed by atoms with van der Waals surface area (Å²) < 4.78 is 0. The molecule has 0 radical (unpaired) electrons. The maximum Gasteiger partial charge on any atom is 0.222 e. The molecule has 3 N–H and O–H groups in total. The monoisotopic (exact) mass is 185 g/mol. The van der Waals surface area contributed by atoms with E-state index in [1.54, 1.807) is 0 Å². The fourth-order valence-corrected chi connectivity index (χ4v) is 0.807. The zero-order chi connectivity index (χ0) is 10.3. The Morgan fingerprint density at radius 3 is 2.62 bits per heavy atom. The van der Waals surface area contributed by atoms with Crippen LogP contribution < -0.4 is 11.1 Å². The molecule has 0 spiro atoms. The van der Waals surface area contributed by atoms with E-state index in [9.17, 15) is 4.79 Å². The standard InChI is InChI=1S/C9H19N3O/c1-4-8(10)11-6-5-9(13)12-7(2)3/h7H,4-6H2,1-3H3,(H2,10,11)(H,12,13). The average Bonchev–Trinajstić information content (AvgIpc) is 2.02. The molecule has 0 saturated heterocycles. The van der Waals surface area contributed by atoms with Crippen LogP contribution >= 0.6 is 0 Å². The molecule has 76 valence electrons. The Kier molecular flexibility index (Phi) is 5.93. The van der Waals surface area contributed by atoms with Crippen LogP contribution in [0, 0.1) is 0 Å². The Morgan fingerprint density at radius 2 is 2.15 bits per heavy atom. The molecule has 1 amide bonds. The third-order valence-corrected chi connectivity index (χ3v) is 1.47. The lowest BCUT2D eigenvalue weighted by molar-refractivity contribution is -0.121. The molecular weight excluding hydrogens is 166 g/mol. The Labute approximate surface area is 79.6 Å². The van der Waals surface area contributed by atoms with Gasteiger partial charge in [0.2, 0.25) is 5.91 Å². The van der Waals surface area contributed by atoms with Gasteiger partial charge in [-0.2, -0.15) is 0 Å². The molecule has 0 aliphatic rings. The van der Waals surface area contributed by atoms with Crippen LogP contribution in [0.15, 0.2) is 4.99 Å². The summed E-state index contributed by atoms with van der Waals surface area (Å²) in [7, 11) is 0. The fraction of sp³-hybridized carbons (Fsp3) is 0.778. The predicted molar refractivity (Wildman–Crippen MR) is 54.7 cm³/mol. The summed E-state index contributed by atoms with van der Waals surface area (Å²) >= 11 is 0. The fourth-order valence-electron chi connectivity index (χ4n) is 0.807. The van der Waals surface area contributed by atoms with Gasteiger partial charge >= 0.3 is 0 Å². The molecule has 0 saturated carbocycles. The lowest BCUT2D eigenvalue weighted by Gasteiger charge is -2.06. The second kappa shape index (κ2) is 6.46. The van der Waals surface area contributed by atoms with E-state index in [2.05, 4.69) is 10.3 Å². The maximum atomic E-state index is 11.1. The van der Waals surface area contributed by atoms with Gasteiger partial charge in [0.25, 0.3) is 0 Å². The first-order chi connectivity index (χ1) is 6.06. The molecule has 0 heterocycles. The van der Waals surface area contributed by atoms with E-state index in [0.717, 1.165) is 6.42 Å². The highest BCUT2D eigenvalue weighted by Gasteiger charge is 2.01. The van der Waals surface area contributed by atoms with Gasteiger partial charge in [0.1, 0.15) is 0 Å². The minimum Gasteiger partial charge on any atom is -0.387 e. The molecule has 0 aromatic carbocycles. The van der Waals surface area contributed by atoms with Crippen molar-refractivity contribution in [2.24, 2.45) is 10.7 Å². The van der Waals surface area contributed by atoms with E-state index >= 15 is 0 Å². The van der Waals surface area contributed by atoms with Crippen molar-refractivity contribution < 1.29 is 4.79 Å². The summed E-state index contributed by atoms with van der Waals surface area (Å²) in [5.41, 5.74) is 5.48. The van der Waals surface area contributed by atoms with Gasteiger partial charge < -0.3 is 11.1 Å². The Hall–Kier alpha value is -1.06. The van der Waals surface area contributed by atoms with Crippen LogP contribution in [0.4, 0.5) is 0 Å². The lowest BCUT2D eigenvalue weighted by Crippen LogP contribution is -2.30. The quantitative estimate of drug-likeness (QED) is 0.488. The van der Waals surface area contributed by atoms with Crippen LogP contribution in [0.3, 0.4) is 0 Å². The van der Waals surface area contributed by atoms with Crippen LogP contribution in [-0.4, -0.2) is 24.3 Å². The van der Waals surface area contributed by atoms with E-state index < -0.39 is 0 Å². The highest BCUT2D eigenvalue weighted by atomic mass is 16.1. The van der Waals surface area contributed by atoms with Crippen LogP contribution in [0.1, 0.15) is 33.6 Å². The van der Waals surface area contributed by atoms with Crippen molar-refractivity contribution in [1.29, 1.82) is 0 Å². The Balaban J connectivity index is 3.59. The largest absolute Gasteiger partial charge is 0.387 e. The smallest absolute Gasteiger partial charge is 0.222 e. The Bertz CT molecular complexity index is 187. The normalized spacial score (nSPS) is 11.8. The van der Waals surface area contributed by atoms with Gasteiger partial charge in [-0.3, -0.25) is 9.79 Å². The number of nitrogens with zero attached hydrogens (tertiary/aromatic N) is 1. The minimum absolute atomic E-state index is 0.0302. The van der Waals surface area contributed by atoms with Gasteiger partial charge in [-0.05, 0) is 13.8 Å². The molecule has 4 nitrogen and oxygen atoms in total. The zero-order valence-electron chi connectivity index (χ0n) is 8.63. The molecule has 0 rings (SSSR count). The van der Waals surface area contributed by atoms with Crippen LogP contribution in [0.5, 0.6) is 0 Å². The van der Waals surface area contributed by atoms with Crippen LogP contribution in [0.25, 0.3) is 0 Å². The molecule has 0 aliphatic carbocycles. The molecule has 0 unspecified atom stereocenters. The predicted octanol–water partition coefficient (Wildman–Crippen LogP) is 0.668. The number of nitrogens with one attached hydrogen (secondary N) is 1. The van der Waals surface area contributed by atoms with Gasteiger partial charge in [-0.25, -0.2) is 0 Å². The summed E-state index contributed by atoms with van der Waals surface area (Å²) in [6.45, 7) is 6.29. The van der Waals surface area contributed by atoms with Crippen molar-refractivity contribution in [2.45, 2.75) is 39.7 Å². The van der Waals surface area contributed by atoms with E-state index in [1.165, 1.54) is 0 Å². The summed E-state index contributed by atoms with van der Waals surface area (Å²) in [4.78, 5) is 15.1. The summed E-state index contributed by atoms with van der Waals surface area (Å²) in [5.74, 6) is 0.639. The topological polar surface area (TPSA) is 67.5 Å². The van der Waals surface area contributed by atoms with Gasteiger partial charge in [0.15, 0.2) is 0 Å². The van der Waals surface area contributed by atoms with Crippen LogP contribution in [0.2, 0.25) is 0 Å². The third-order valence-electron chi connectivity index (χ3n) is 1.47. The SMILES string of the molecule is CCC(N)=NCCC(=O)NC(C)C. The van der Waals surface area contributed by atoms with Crippen molar-refractivity contribution in [3.8, 4) is 0 Å². The number of nitrogens with two attached hydrogens (primary N) is 1. The second-order valence-corrected chi connectivity index (χ2v) is 3.20. The number of aliphatic imine (C=N–C) groups is 1. The van der Waals surface area contributed by atoms with Gasteiger partial charge in [-0.1, -0.05) is 6.92 Å². The van der Waals surface area contributed by atoms with Crippen molar-refractivity contribution in [3.63, 3.8) is 0 Å². The molecule has 0 aromatic heterocycles. The Morgan fingerprint density at radius 1 is 1.54 bits per heavy atom. The summed E-state index contributed by atoms with van der Waals surface area (Å²) in [6.07, 6.45) is 1.16. The van der Waals surface area contributed by atoms with E-state index in [1.807, 2.05) is 20.8 Å².